The third-order valence-electron chi connectivity index (χ3n) is 2.80. The SMILES string of the molecule is CSc1nc(NN)cc(N2CCCOC(C)C2)n1. The first-order valence-electron chi connectivity index (χ1n) is 5.99. The fourth-order valence-corrected chi connectivity index (χ4v) is 2.32. The number of hydrazine groups is 1. The fourth-order valence-electron chi connectivity index (χ4n) is 1.94. The van der Waals surface area contributed by atoms with E-state index < -0.39 is 0 Å². The second kappa shape index (κ2) is 6.21. The van der Waals surface area contributed by atoms with Gasteiger partial charge in [-0.15, -0.1) is 0 Å². The van der Waals surface area contributed by atoms with Gasteiger partial charge in [-0.3, -0.25) is 0 Å². The standard InChI is InChI=1S/C11H19N5OS/c1-8-7-16(4-3-5-17-8)10-6-9(15-12)13-11(14-10)18-2/h6,8H,3-5,7,12H2,1-2H3,(H,13,14,15). The molecule has 3 N–H and O–H groups in total. The highest BCUT2D eigenvalue weighted by Crippen LogP contribution is 2.21. The quantitative estimate of drug-likeness (QED) is 0.368. The van der Waals surface area contributed by atoms with E-state index in [1.165, 1.54) is 11.8 Å². The molecule has 6 nitrogen and oxygen atoms in total. The van der Waals surface area contributed by atoms with Gasteiger partial charge in [-0.25, -0.2) is 15.8 Å². The Bertz CT molecular complexity index is 381. The summed E-state index contributed by atoms with van der Waals surface area (Å²) in [6.07, 6.45) is 3.18. The lowest BCUT2D eigenvalue weighted by molar-refractivity contribution is 0.0820. The second-order valence-corrected chi connectivity index (χ2v) is 5.00. The molecule has 7 heteroatoms. The van der Waals surface area contributed by atoms with E-state index in [0.717, 1.165) is 37.1 Å². The van der Waals surface area contributed by atoms with E-state index >= 15 is 0 Å². The molecular weight excluding hydrogens is 250 g/mol. The summed E-state index contributed by atoms with van der Waals surface area (Å²) in [6.45, 7) is 4.67. The molecule has 1 saturated heterocycles. The molecule has 2 heterocycles. The van der Waals surface area contributed by atoms with Crippen LogP contribution in [0.1, 0.15) is 13.3 Å². The Hall–Kier alpha value is -1.05. The van der Waals surface area contributed by atoms with Crippen molar-refractivity contribution in [1.82, 2.24) is 9.97 Å². The zero-order valence-corrected chi connectivity index (χ0v) is 11.5. The van der Waals surface area contributed by atoms with Crippen LogP contribution in [-0.2, 0) is 4.74 Å². The van der Waals surface area contributed by atoms with Gasteiger partial charge in [-0.1, -0.05) is 11.8 Å². The smallest absolute Gasteiger partial charge is 0.191 e. The van der Waals surface area contributed by atoms with Crippen molar-refractivity contribution < 1.29 is 4.74 Å². The summed E-state index contributed by atoms with van der Waals surface area (Å²) < 4.78 is 5.64. The number of nitrogens with one attached hydrogen (secondary N) is 1. The van der Waals surface area contributed by atoms with Crippen molar-refractivity contribution >= 4 is 23.4 Å². The van der Waals surface area contributed by atoms with Crippen LogP contribution >= 0.6 is 11.8 Å². The van der Waals surface area contributed by atoms with Gasteiger partial charge in [0.25, 0.3) is 0 Å². The largest absolute Gasteiger partial charge is 0.377 e. The zero-order chi connectivity index (χ0) is 13.0. The molecule has 1 unspecified atom stereocenters. The number of rotatable bonds is 3. The minimum absolute atomic E-state index is 0.217. The third kappa shape index (κ3) is 3.24. The van der Waals surface area contributed by atoms with Crippen molar-refractivity contribution in [3.05, 3.63) is 6.07 Å². The summed E-state index contributed by atoms with van der Waals surface area (Å²) >= 11 is 1.51. The Kier molecular flexibility index (Phi) is 4.62. The number of ether oxygens (including phenoxy) is 1. The van der Waals surface area contributed by atoms with Gasteiger partial charge >= 0.3 is 0 Å². The van der Waals surface area contributed by atoms with Crippen LogP contribution in [0.25, 0.3) is 0 Å². The van der Waals surface area contributed by atoms with Crippen LogP contribution in [0, 0.1) is 0 Å². The van der Waals surface area contributed by atoms with Crippen LogP contribution in [0.4, 0.5) is 11.6 Å². The fraction of sp³-hybridized carbons (Fsp3) is 0.636. The molecule has 0 aromatic carbocycles. The number of thioether (sulfide) groups is 1. The lowest BCUT2D eigenvalue weighted by atomic mass is 10.3. The molecule has 1 aliphatic heterocycles. The highest BCUT2D eigenvalue weighted by Gasteiger charge is 2.17. The molecule has 2 rings (SSSR count). The van der Waals surface area contributed by atoms with Crippen molar-refractivity contribution in [1.29, 1.82) is 0 Å². The number of nitrogen functional groups attached to an aromatic ring is 1. The molecular formula is C11H19N5OS. The molecule has 1 fully saturated rings. The molecule has 1 aromatic rings. The topological polar surface area (TPSA) is 76.3 Å². The summed E-state index contributed by atoms with van der Waals surface area (Å²) in [6, 6.07) is 1.87. The van der Waals surface area contributed by atoms with E-state index in [1.807, 2.05) is 12.3 Å². The van der Waals surface area contributed by atoms with Crippen molar-refractivity contribution in [3.63, 3.8) is 0 Å². The highest BCUT2D eigenvalue weighted by molar-refractivity contribution is 7.98. The van der Waals surface area contributed by atoms with Crippen LogP contribution < -0.4 is 16.2 Å². The summed E-state index contributed by atoms with van der Waals surface area (Å²) in [5.41, 5.74) is 2.59. The van der Waals surface area contributed by atoms with Crippen LogP contribution in [0.15, 0.2) is 11.2 Å². The number of nitrogens with zero attached hydrogens (tertiary/aromatic N) is 3. The summed E-state index contributed by atoms with van der Waals surface area (Å²) in [5, 5.41) is 0.721. The van der Waals surface area contributed by atoms with E-state index in [9.17, 15) is 0 Å². The maximum absolute atomic E-state index is 5.64. The minimum Gasteiger partial charge on any atom is -0.377 e. The van der Waals surface area contributed by atoms with E-state index in [2.05, 4.69) is 27.2 Å². The summed E-state index contributed by atoms with van der Waals surface area (Å²) in [5.74, 6) is 6.98. The molecule has 1 aromatic heterocycles. The normalized spacial score (nSPS) is 20.6. The Labute approximate surface area is 111 Å². The predicted molar refractivity (Wildman–Crippen MR) is 73.9 cm³/mol. The number of hydrogen-bond acceptors (Lipinski definition) is 7. The van der Waals surface area contributed by atoms with Crippen molar-refractivity contribution in [2.45, 2.75) is 24.6 Å². The van der Waals surface area contributed by atoms with Crippen LogP contribution in [0.3, 0.4) is 0 Å². The molecule has 18 heavy (non-hydrogen) atoms. The minimum atomic E-state index is 0.217. The molecule has 0 aliphatic carbocycles. The number of nitrogens with two attached hydrogens (primary N) is 1. The molecule has 1 atom stereocenters. The van der Waals surface area contributed by atoms with Crippen LogP contribution in [0.5, 0.6) is 0 Å². The van der Waals surface area contributed by atoms with Gasteiger partial charge in [-0.05, 0) is 19.6 Å². The third-order valence-corrected chi connectivity index (χ3v) is 3.35. The average Bonchev–Trinajstić information content (AvgIpc) is 2.62. The van der Waals surface area contributed by atoms with Crippen LogP contribution in [-0.4, -0.2) is 42.0 Å². The number of anilines is 2. The lowest BCUT2D eigenvalue weighted by Crippen LogP contribution is -2.31. The van der Waals surface area contributed by atoms with E-state index in [0.29, 0.717) is 5.82 Å². The molecule has 0 bridgehead atoms. The number of hydrogen-bond donors (Lipinski definition) is 2. The van der Waals surface area contributed by atoms with Gasteiger partial charge in [-0.2, -0.15) is 0 Å². The van der Waals surface area contributed by atoms with Gasteiger partial charge in [0.05, 0.1) is 6.10 Å². The maximum atomic E-state index is 5.64. The first kappa shape index (κ1) is 13.4. The Morgan fingerprint density at radius 1 is 1.56 bits per heavy atom. The Morgan fingerprint density at radius 2 is 2.39 bits per heavy atom. The van der Waals surface area contributed by atoms with Gasteiger partial charge in [0.15, 0.2) is 5.16 Å². The maximum Gasteiger partial charge on any atom is 0.191 e. The Balaban J connectivity index is 2.24. The molecule has 0 saturated carbocycles. The number of aromatic nitrogens is 2. The van der Waals surface area contributed by atoms with Crippen molar-refractivity contribution in [2.75, 3.05) is 36.3 Å². The zero-order valence-electron chi connectivity index (χ0n) is 10.7. The highest BCUT2D eigenvalue weighted by atomic mass is 32.2. The summed E-state index contributed by atoms with van der Waals surface area (Å²) in [7, 11) is 0. The lowest BCUT2D eigenvalue weighted by Gasteiger charge is -2.23. The Morgan fingerprint density at radius 3 is 3.11 bits per heavy atom. The van der Waals surface area contributed by atoms with Gasteiger partial charge in [0.2, 0.25) is 0 Å². The molecule has 0 amide bonds. The van der Waals surface area contributed by atoms with Gasteiger partial charge < -0.3 is 15.1 Å². The van der Waals surface area contributed by atoms with E-state index in [4.69, 9.17) is 10.6 Å². The molecule has 100 valence electrons. The van der Waals surface area contributed by atoms with E-state index in [1.54, 1.807) is 0 Å². The van der Waals surface area contributed by atoms with E-state index in [-0.39, 0.29) is 6.10 Å². The van der Waals surface area contributed by atoms with Gasteiger partial charge in [0, 0.05) is 25.8 Å². The second-order valence-electron chi connectivity index (χ2n) is 4.22. The first-order chi connectivity index (χ1) is 8.72. The predicted octanol–water partition coefficient (Wildman–Crippen LogP) is 1.10. The molecule has 1 aliphatic rings. The molecule has 0 radical (unpaired) electrons. The van der Waals surface area contributed by atoms with Crippen molar-refractivity contribution in [2.24, 2.45) is 5.84 Å². The average molecular weight is 269 g/mol. The van der Waals surface area contributed by atoms with Crippen LogP contribution in [0.2, 0.25) is 0 Å². The monoisotopic (exact) mass is 269 g/mol. The first-order valence-corrected chi connectivity index (χ1v) is 7.21. The van der Waals surface area contributed by atoms with Crippen molar-refractivity contribution in [3.8, 4) is 0 Å². The summed E-state index contributed by atoms with van der Waals surface area (Å²) in [4.78, 5) is 11.0. The molecule has 0 spiro atoms. The van der Waals surface area contributed by atoms with Gasteiger partial charge in [0.1, 0.15) is 11.6 Å².